The normalized spacial score (nSPS) is 11.1. The molecule has 29 heavy (non-hydrogen) atoms. The minimum Gasteiger partial charge on any atom is -0.485 e. The molecule has 5 nitrogen and oxygen atoms in total. The van der Waals surface area contributed by atoms with Crippen molar-refractivity contribution in [3.05, 3.63) is 90.4 Å². The highest BCUT2D eigenvalue weighted by Gasteiger charge is 2.15. The molecular formula is C23H15FN2O3. The number of nitrogens with zero attached hydrogens (tertiary/aromatic N) is 2. The van der Waals surface area contributed by atoms with Crippen LogP contribution in [0, 0.1) is 5.82 Å². The Balaban J connectivity index is 1.33. The zero-order valence-corrected chi connectivity index (χ0v) is 15.2. The first-order valence-electron chi connectivity index (χ1n) is 9.05. The summed E-state index contributed by atoms with van der Waals surface area (Å²) < 4.78 is 30.1. The van der Waals surface area contributed by atoms with Gasteiger partial charge in [0.25, 0.3) is 5.89 Å². The Morgan fingerprint density at radius 2 is 1.69 bits per heavy atom. The highest BCUT2D eigenvalue weighted by molar-refractivity contribution is 5.88. The fourth-order valence-corrected chi connectivity index (χ4v) is 3.08. The van der Waals surface area contributed by atoms with Crippen LogP contribution in [0.15, 0.2) is 87.8 Å². The van der Waals surface area contributed by atoms with Crippen molar-refractivity contribution in [3.63, 3.8) is 0 Å². The van der Waals surface area contributed by atoms with Gasteiger partial charge in [0.2, 0.25) is 5.82 Å². The first-order valence-corrected chi connectivity index (χ1v) is 9.05. The van der Waals surface area contributed by atoms with Crippen molar-refractivity contribution in [2.45, 2.75) is 6.61 Å². The molecule has 0 atom stereocenters. The number of fused-ring (bicyclic) bond motifs is 1. The van der Waals surface area contributed by atoms with E-state index in [0.29, 0.717) is 22.9 Å². The Labute approximate surface area is 165 Å². The fraction of sp³-hybridized carbons (Fsp3) is 0.0435. The molecule has 5 aromatic rings. The molecule has 142 valence electrons. The van der Waals surface area contributed by atoms with Crippen LogP contribution < -0.4 is 4.74 Å². The molecule has 0 aliphatic heterocycles. The first kappa shape index (κ1) is 17.2. The van der Waals surface area contributed by atoms with Gasteiger partial charge in [-0.05, 0) is 47.9 Å². The van der Waals surface area contributed by atoms with Crippen LogP contribution in [0.25, 0.3) is 33.8 Å². The molecule has 2 aromatic heterocycles. The van der Waals surface area contributed by atoms with Crippen molar-refractivity contribution in [2.24, 2.45) is 0 Å². The highest BCUT2D eigenvalue weighted by atomic mass is 19.1. The molecule has 5 rings (SSSR count). The standard InChI is InChI=1S/C23H15FN2O3/c24-17-10-8-16(9-11-17)22-25-23(29-26-22)21-13-12-18(28-21)14-27-20-7-3-5-15-4-1-2-6-19(15)20/h1-13H,14H2. The van der Waals surface area contributed by atoms with Gasteiger partial charge in [0.1, 0.15) is 23.9 Å². The minimum atomic E-state index is -0.320. The molecule has 0 saturated heterocycles. The molecule has 0 saturated carbocycles. The van der Waals surface area contributed by atoms with Crippen LogP contribution >= 0.6 is 0 Å². The van der Waals surface area contributed by atoms with Crippen LogP contribution in [0.1, 0.15) is 5.76 Å². The van der Waals surface area contributed by atoms with Gasteiger partial charge < -0.3 is 13.7 Å². The maximum Gasteiger partial charge on any atom is 0.293 e. The maximum absolute atomic E-state index is 13.1. The van der Waals surface area contributed by atoms with Crippen molar-refractivity contribution in [1.29, 1.82) is 0 Å². The predicted octanol–water partition coefficient (Wildman–Crippen LogP) is 5.87. The van der Waals surface area contributed by atoms with Gasteiger partial charge in [0.15, 0.2) is 5.76 Å². The van der Waals surface area contributed by atoms with Gasteiger partial charge >= 0.3 is 0 Å². The van der Waals surface area contributed by atoms with E-state index in [2.05, 4.69) is 10.1 Å². The molecule has 0 amide bonds. The smallest absolute Gasteiger partial charge is 0.293 e. The van der Waals surface area contributed by atoms with Crippen molar-refractivity contribution in [1.82, 2.24) is 10.1 Å². The van der Waals surface area contributed by atoms with Gasteiger partial charge in [-0.1, -0.05) is 41.6 Å². The molecule has 2 heterocycles. The summed E-state index contributed by atoms with van der Waals surface area (Å²) in [6, 6.07) is 23.4. The monoisotopic (exact) mass is 386 g/mol. The van der Waals surface area contributed by atoms with Crippen molar-refractivity contribution >= 4 is 10.8 Å². The summed E-state index contributed by atoms with van der Waals surface area (Å²) in [7, 11) is 0. The number of ether oxygens (including phenoxy) is 1. The number of hydrogen-bond acceptors (Lipinski definition) is 5. The van der Waals surface area contributed by atoms with E-state index in [-0.39, 0.29) is 18.3 Å². The van der Waals surface area contributed by atoms with Crippen molar-refractivity contribution in [3.8, 4) is 28.8 Å². The third-order valence-corrected chi connectivity index (χ3v) is 4.52. The van der Waals surface area contributed by atoms with Crippen LogP contribution in [0.2, 0.25) is 0 Å². The van der Waals surface area contributed by atoms with Crippen molar-refractivity contribution in [2.75, 3.05) is 0 Å². The number of aromatic nitrogens is 2. The average molecular weight is 386 g/mol. The summed E-state index contributed by atoms with van der Waals surface area (Å²) in [5.41, 5.74) is 0.660. The molecule has 3 aromatic carbocycles. The predicted molar refractivity (Wildman–Crippen MR) is 106 cm³/mol. The summed E-state index contributed by atoms with van der Waals surface area (Å²) in [6.07, 6.45) is 0. The van der Waals surface area contributed by atoms with E-state index in [9.17, 15) is 4.39 Å². The summed E-state index contributed by atoms with van der Waals surface area (Å²) in [6.45, 7) is 0.271. The Morgan fingerprint density at radius 1 is 0.862 bits per heavy atom. The number of rotatable bonds is 5. The second kappa shape index (κ2) is 7.24. The van der Waals surface area contributed by atoms with E-state index in [0.717, 1.165) is 16.5 Å². The molecule has 0 fully saturated rings. The Kier molecular flexibility index (Phi) is 4.29. The Morgan fingerprint density at radius 3 is 2.59 bits per heavy atom. The highest BCUT2D eigenvalue weighted by Crippen LogP contribution is 2.28. The SMILES string of the molecule is Fc1ccc(-c2noc(-c3ccc(COc4cccc5ccccc45)o3)n2)cc1. The van der Waals surface area contributed by atoms with E-state index < -0.39 is 0 Å². The van der Waals surface area contributed by atoms with E-state index in [1.54, 1.807) is 18.2 Å². The largest absolute Gasteiger partial charge is 0.485 e. The average Bonchev–Trinajstić information content (AvgIpc) is 3.42. The number of halogens is 1. The summed E-state index contributed by atoms with van der Waals surface area (Å²) in [5, 5.41) is 6.09. The molecule has 0 radical (unpaired) electrons. The summed E-state index contributed by atoms with van der Waals surface area (Å²) >= 11 is 0. The second-order valence-electron chi connectivity index (χ2n) is 6.46. The number of furan rings is 1. The number of benzene rings is 3. The topological polar surface area (TPSA) is 61.3 Å². The first-order chi connectivity index (χ1) is 14.3. The molecular weight excluding hydrogens is 371 g/mol. The Bertz CT molecular complexity index is 1270. The fourth-order valence-electron chi connectivity index (χ4n) is 3.08. The summed E-state index contributed by atoms with van der Waals surface area (Å²) in [5.74, 6) is 2.17. The number of hydrogen-bond donors (Lipinski definition) is 0. The lowest BCUT2D eigenvalue weighted by Crippen LogP contribution is -1.94. The molecule has 0 N–H and O–H groups in total. The van der Waals surface area contributed by atoms with Gasteiger partial charge in [-0.2, -0.15) is 4.98 Å². The lowest BCUT2D eigenvalue weighted by molar-refractivity contribution is 0.273. The van der Waals surface area contributed by atoms with Gasteiger partial charge in [-0.25, -0.2) is 4.39 Å². The zero-order valence-electron chi connectivity index (χ0n) is 15.2. The van der Waals surface area contributed by atoms with E-state index >= 15 is 0 Å². The quantitative estimate of drug-likeness (QED) is 0.378. The van der Waals surface area contributed by atoms with Gasteiger partial charge in [-0.15, -0.1) is 0 Å². The zero-order chi connectivity index (χ0) is 19.6. The van der Waals surface area contributed by atoms with Gasteiger partial charge in [0, 0.05) is 10.9 Å². The lowest BCUT2D eigenvalue weighted by atomic mass is 10.1. The molecule has 0 aliphatic rings. The van der Waals surface area contributed by atoms with Crippen LogP contribution in [0.3, 0.4) is 0 Å². The Hall–Kier alpha value is -3.93. The van der Waals surface area contributed by atoms with E-state index in [1.807, 2.05) is 48.5 Å². The van der Waals surface area contributed by atoms with Crippen LogP contribution in [-0.4, -0.2) is 10.1 Å². The molecule has 0 aliphatic carbocycles. The molecule has 0 spiro atoms. The van der Waals surface area contributed by atoms with Gasteiger partial charge in [-0.3, -0.25) is 0 Å². The van der Waals surface area contributed by atoms with Crippen molar-refractivity contribution < 1.29 is 18.1 Å². The van der Waals surface area contributed by atoms with Gasteiger partial charge in [0.05, 0.1) is 0 Å². The molecule has 6 heteroatoms. The minimum absolute atomic E-state index is 0.251. The van der Waals surface area contributed by atoms with E-state index in [4.69, 9.17) is 13.7 Å². The maximum atomic E-state index is 13.1. The van der Waals surface area contributed by atoms with Crippen LogP contribution in [0.5, 0.6) is 5.75 Å². The van der Waals surface area contributed by atoms with Crippen LogP contribution in [-0.2, 0) is 6.61 Å². The third-order valence-electron chi connectivity index (χ3n) is 4.52. The van der Waals surface area contributed by atoms with E-state index in [1.165, 1.54) is 12.1 Å². The second-order valence-corrected chi connectivity index (χ2v) is 6.46. The lowest BCUT2D eigenvalue weighted by Gasteiger charge is -2.07. The molecule has 0 unspecified atom stereocenters. The summed E-state index contributed by atoms with van der Waals surface area (Å²) in [4.78, 5) is 4.32. The third kappa shape index (κ3) is 3.48. The molecule has 0 bridgehead atoms. The van der Waals surface area contributed by atoms with Crippen LogP contribution in [0.4, 0.5) is 4.39 Å².